The minimum Gasteiger partial charge on any atom is -0.327 e. The molecule has 0 heterocycles. The van der Waals surface area contributed by atoms with Crippen molar-refractivity contribution in [3.8, 4) is 0 Å². The van der Waals surface area contributed by atoms with Crippen LogP contribution in [0.2, 0.25) is 0 Å². The Morgan fingerprint density at radius 1 is 1.19 bits per heavy atom. The number of hydrogen-bond acceptors (Lipinski definition) is 1. The molecule has 2 N–H and O–H groups in total. The molecule has 0 saturated heterocycles. The predicted molar refractivity (Wildman–Crippen MR) is 71.5 cm³/mol. The smallest absolute Gasteiger partial charge is 0.0157 e. The lowest BCUT2D eigenvalue weighted by Crippen LogP contribution is -2.45. The minimum absolute atomic E-state index is 0.0514. The van der Waals surface area contributed by atoms with E-state index < -0.39 is 0 Å². The van der Waals surface area contributed by atoms with Gasteiger partial charge in [0.25, 0.3) is 0 Å². The van der Waals surface area contributed by atoms with Crippen molar-refractivity contribution in [2.45, 2.75) is 52.0 Å². The average molecular weight is 219 g/mol. The molecule has 0 aliphatic carbocycles. The van der Waals surface area contributed by atoms with Crippen molar-refractivity contribution >= 4 is 0 Å². The third-order valence-electron chi connectivity index (χ3n) is 3.71. The van der Waals surface area contributed by atoms with E-state index in [-0.39, 0.29) is 11.5 Å². The summed E-state index contributed by atoms with van der Waals surface area (Å²) >= 11 is 0. The van der Waals surface area contributed by atoms with Crippen LogP contribution in [0, 0.1) is 5.92 Å². The summed E-state index contributed by atoms with van der Waals surface area (Å²) < 4.78 is 0. The van der Waals surface area contributed by atoms with Crippen LogP contribution in [0.15, 0.2) is 30.3 Å². The first-order chi connectivity index (χ1) is 7.50. The Bertz CT molecular complexity index is 302. The van der Waals surface area contributed by atoms with Crippen molar-refractivity contribution in [1.82, 2.24) is 0 Å². The first-order valence-electron chi connectivity index (χ1n) is 6.31. The molecule has 0 amide bonds. The van der Waals surface area contributed by atoms with E-state index in [4.69, 9.17) is 5.73 Å². The second-order valence-electron chi connectivity index (χ2n) is 5.38. The van der Waals surface area contributed by atoms with E-state index in [9.17, 15) is 0 Å². The highest BCUT2D eigenvalue weighted by Gasteiger charge is 2.31. The van der Waals surface area contributed by atoms with Gasteiger partial charge in [0, 0.05) is 11.5 Å². The summed E-state index contributed by atoms with van der Waals surface area (Å²) in [4.78, 5) is 0. The fourth-order valence-electron chi connectivity index (χ4n) is 2.41. The van der Waals surface area contributed by atoms with Gasteiger partial charge in [-0.3, -0.25) is 0 Å². The molecule has 0 spiro atoms. The summed E-state index contributed by atoms with van der Waals surface area (Å²) in [5.74, 6) is 0.570. The summed E-state index contributed by atoms with van der Waals surface area (Å²) in [6, 6.07) is 10.8. The highest BCUT2D eigenvalue weighted by molar-refractivity contribution is 5.25. The molecule has 0 aliphatic rings. The van der Waals surface area contributed by atoms with Crippen LogP contribution >= 0.6 is 0 Å². The largest absolute Gasteiger partial charge is 0.327 e. The molecule has 0 aliphatic heterocycles. The maximum Gasteiger partial charge on any atom is 0.0157 e. The molecular weight excluding hydrogens is 194 g/mol. The second kappa shape index (κ2) is 5.49. The number of benzene rings is 1. The molecule has 2 atom stereocenters. The number of hydrogen-bond donors (Lipinski definition) is 1. The van der Waals surface area contributed by atoms with Crippen LogP contribution in [-0.4, -0.2) is 6.04 Å². The predicted octanol–water partition coefficient (Wildman–Crippen LogP) is 3.73. The lowest BCUT2D eigenvalue weighted by atomic mass is 9.72. The van der Waals surface area contributed by atoms with Crippen LogP contribution in [0.3, 0.4) is 0 Å². The standard InChI is InChI=1S/C15H25N/c1-5-9-12(2)14(16)15(3,4)13-10-7-6-8-11-13/h6-8,10-12,14H,5,9,16H2,1-4H3. The van der Waals surface area contributed by atoms with Crippen molar-refractivity contribution in [2.24, 2.45) is 11.7 Å². The van der Waals surface area contributed by atoms with Crippen LogP contribution < -0.4 is 5.73 Å². The number of nitrogens with two attached hydrogens (primary N) is 1. The van der Waals surface area contributed by atoms with E-state index >= 15 is 0 Å². The van der Waals surface area contributed by atoms with Gasteiger partial charge in [-0.25, -0.2) is 0 Å². The van der Waals surface area contributed by atoms with Gasteiger partial charge in [0.2, 0.25) is 0 Å². The fourth-order valence-corrected chi connectivity index (χ4v) is 2.41. The van der Waals surface area contributed by atoms with Gasteiger partial charge in [-0.15, -0.1) is 0 Å². The Kier molecular flexibility index (Phi) is 4.55. The van der Waals surface area contributed by atoms with E-state index in [0.29, 0.717) is 5.92 Å². The first kappa shape index (κ1) is 13.2. The van der Waals surface area contributed by atoms with Crippen molar-refractivity contribution in [3.63, 3.8) is 0 Å². The maximum atomic E-state index is 6.41. The van der Waals surface area contributed by atoms with Gasteiger partial charge < -0.3 is 5.73 Å². The zero-order chi connectivity index (χ0) is 12.2. The summed E-state index contributed by atoms with van der Waals surface area (Å²) in [6.07, 6.45) is 2.41. The van der Waals surface area contributed by atoms with Gasteiger partial charge >= 0.3 is 0 Å². The molecule has 1 rings (SSSR count). The van der Waals surface area contributed by atoms with Gasteiger partial charge in [0.15, 0.2) is 0 Å². The first-order valence-corrected chi connectivity index (χ1v) is 6.31. The zero-order valence-corrected chi connectivity index (χ0v) is 11.0. The third kappa shape index (κ3) is 2.85. The third-order valence-corrected chi connectivity index (χ3v) is 3.71. The zero-order valence-electron chi connectivity index (χ0n) is 11.0. The molecule has 1 aromatic rings. The average Bonchev–Trinajstić information content (AvgIpc) is 2.29. The molecule has 0 saturated carbocycles. The van der Waals surface area contributed by atoms with E-state index in [0.717, 1.165) is 0 Å². The lowest BCUT2D eigenvalue weighted by Gasteiger charge is -2.36. The Hall–Kier alpha value is -0.820. The van der Waals surface area contributed by atoms with E-state index in [1.165, 1.54) is 18.4 Å². The summed E-state index contributed by atoms with van der Waals surface area (Å²) in [7, 11) is 0. The Morgan fingerprint density at radius 2 is 1.75 bits per heavy atom. The molecule has 90 valence electrons. The highest BCUT2D eigenvalue weighted by Crippen LogP contribution is 2.30. The Balaban J connectivity index is 2.85. The molecule has 0 aromatic heterocycles. The van der Waals surface area contributed by atoms with E-state index in [1.807, 2.05) is 0 Å². The summed E-state index contributed by atoms with van der Waals surface area (Å²) in [5.41, 5.74) is 7.80. The van der Waals surface area contributed by atoms with Crippen LogP contribution in [0.5, 0.6) is 0 Å². The van der Waals surface area contributed by atoms with Crippen molar-refractivity contribution < 1.29 is 0 Å². The summed E-state index contributed by atoms with van der Waals surface area (Å²) in [6.45, 7) is 8.98. The van der Waals surface area contributed by atoms with Gasteiger partial charge in [-0.05, 0) is 17.9 Å². The molecule has 1 nitrogen and oxygen atoms in total. The normalized spacial score (nSPS) is 15.8. The topological polar surface area (TPSA) is 26.0 Å². The summed E-state index contributed by atoms with van der Waals surface area (Å²) in [5, 5.41) is 0. The molecule has 16 heavy (non-hydrogen) atoms. The molecule has 2 unspecified atom stereocenters. The maximum absolute atomic E-state index is 6.41. The molecule has 0 radical (unpaired) electrons. The molecular formula is C15H25N. The Labute approximate surface area is 100 Å². The molecule has 0 fully saturated rings. The van der Waals surface area contributed by atoms with Gasteiger partial charge in [-0.2, -0.15) is 0 Å². The van der Waals surface area contributed by atoms with E-state index in [1.54, 1.807) is 0 Å². The van der Waals surface area contributed by atoms with Gasteiger partial charge in [0.05, 0.1) is 0 Å². The van der Waals surface area contributed by atoms with E-state index in [2.05, 4.69) is 58.0 Å². The Morgan fingerprint density at radius 3 is 2.25 bits per heavy atom. The van der Waals surface area contributed by atoms with Crippen LogP contribution in [0.4, 0.5) is 0 Å². The molecule has 1 aromatic carbocycles. The fraction of sp³-hybridized carbons (Fsp3) is 0.600. The quantitative estimate of drug-likeness (QED) is 0.802. The van der Waals surface area contributed by atoms with Gasteiger partial charge in [0.1, 0.15) is 0 Å². The SMILES string of the molecule is CCCC(C)C(N)C(C)(C)c1ccccc1. The monoisotopic (exact) mass is 219 g/mol. The van der Waals surface area contributed by atoms with Crippen molar-refractivity contribution in [2.75, 3.05) is 0 Å². The van der Waals surface area contributed by atoms with Gasteiger partial charge in [-0.1, -0.05) is 64.4 Å². The van der Waals surface area contributed by atoms with Crippen LogP contribution in [0.25, 0.3) is 0 Å². The van der Waals surface area contributed by atoms with Crippen molar-refractivity contribution in [1.29, 1.82) is 0 Å². The number of rotatable bonds is 5. The lowest BCUT2D eigenvalue weighted by molar-refractivity contribution is 0.298. The second-order valence-corrected chi connectivity index (χ2v) is 5.38. The highest BCUT2D eigenvalue weighted by atomic mass is 14.7. The molecule has 1 heteroatoms. The minimum atomic E-state index is 0.0514. The molecule has 0 bridgehead atoms. The van der Waals surface area contributed by atoms with Crippen molar-refractivity contribution in [3.05, 3.63) is 35.9 Å². The van der Waals surface area contributed by atoms with Crippen LogP contribution in [0.1, 0.15) is 46.1 Å². The van der Waals surface area contributed by atoms with Crippen LogP contribution in [-0.2, 0) is 5.41 Å².